The Bertz CT molecular complexity index is 534. The summed E-state index contributed by atoms with van der Waals surface area (Å²) in [6.45, 7) is 0.627. The van der Waals surface area contributed by atoms with Gasteiger partial charge in [0.25, 0.3) is 0 Å². The molecule has 0 bridgehead atoms. The molecule has 1 aromatic heterocycles. The fraction of sp³-hybridized carbons (Fsp3) is 0.385. The summed E-state index contributed by atoms with van der Waals surface area (Å²) in [5.41, 5.74) is 0.881. The van der Waals surface area contributed by atoms with Crippen LogP contribution < -0.4 is 15.4 Å². The van der Waals surface area contributed by atoms with E-state index in [0.717, 1.165) is 11.4 Å². The third-order valence-corrected chi connectivity index (χ3v) is 2.93. The summed E-state index contributed by atoms with van der Waals surface area (Å²) in [6, 6.07) is 8.56. The number of ether oxygens (including phenoxy) is 1. The van der Waals surface area contributed by atoms with Crippen LogP contribution in [0.4, 0.5) is 11.7 Å². The van der Waals surface area contributed by atoms with Gasteiger partial charge in [-0.15, -0.1) is 5.10 Å². The van der Waals surface area contributed by atoms with Crippen LogP contribution >= 0.6 is 0 Å². The Morgan fingerprint density at radius 2 is 2.05 bits per heavy atom. The second-order valence-electron chi connectivity index (χ2n) is 4.51. The number of nitrogens with one attached hydrogen (secondary N) is 2. The van der Waals surface area contributed by atoms with E-state index in [2.05, 4.69) is 20.8 Å². The molecule has 6 heteroatoms. The molecule has 2 N–H and O–H groups in total. The van der Waals surface area contributed by atoms with Gasteiger partial charge in [-0.1, -0.05) is 5.10 Å². The quantitative estimate of drug-likeness (QED) is 0.828. The second-order valence-corrected chi connectivity index (χ2v) is 4.51. The minimum atomic E-state index is 0.401. The molecule has 100 valence electrons. The topological polar surface area (TPSA) is 72.2 Å². The summed E-state index contributed by atoms with van der Waals surface area (Å²) in [5, 5.41) is 14.3. The Morgan fingerprint density at radius 1 is 1.26 bits per heavy atom. The lowest BCUT2D eigenvalue weighted by molar-refractivity contribution is 0.415. The van der Waals surface area contributed by atoms with Crippen molar-refractivity contribution in [3.63, 3.8) is 0 Å². The summed E-state index contributed by atoms with van der Waals surface area (Å²) < 4.78 is 10.6. The Labute approximate surface area is 111 Å². The van der Waals surface area contributed by atoms with Crippen LogP contribution in [0.3, 0.4) is 0 Å². The predicted molar refractivity (Wildman–Crippen MR) is 70.4 cm³/mol. The van der Waals surface area contributed by atoms with Crippen molar-refractivity contribution in [2.75, 3.05) is 12.4 Å². The molecular formula is C13H16N4O2. The fourth-order valence-corrected chi connectivity index (χ4v) is 1.69. The van der Waals surface area contributed by atoms with Crippen LogP contribution in [0.5, 0.6) is 5.75 Å². The normalized spacial score (nSPS) is 14.4. The number of hydrogen-bond donors (Lipinski definition) is 2. The first-order chi connectivity index (χ1) is 9.33. The van der Waals surface area contributed by atoms with E-state index < -0.39 is 0 Å². The molecule has 0 unspecified atom stereocenters. The van der Waals surface area contributed by atoms with Crippen LogP contribution in [0.2, 0.25) is 0 Å². The van der Waals surface area contributed by atoms with E-state index in [9.17, 15) is 0 Å². The smallest absolute Gasteiger partial charge is 0.320 e. The van der Waals surface area contributed by atoms with E-state index >= 15 is 0 Å². The molecule has 1 fully saturated rings. The van der Waals surface area contributed by atoms with Crippen molar-refractivity contribution in [3.05, 3.63) is 30.2 Å². The Balaban J connectivity index is 1.58. The molecule has 0 aliphatic heterocycles. The largest absolute Gasteiger partial charge is 0.497 e. The highest BCUT2D eigenvalue weighted by Gasteiger charge is 2.21. The van der Waals surface area contributed by atoms with Gasteiger partial charge in [-0.3, -0.25) is 0 Å². The summed E-state index contributed by atoms with van der Waals surface area (Å²) in [6.07, 6.45) is 2.48. The average molecular weight is 260 g/mol. The molecule has 1 heterocycles. The lowest BCUT2D eigenvalue weighted by Gasteiger charge is -2.02. The first kappa shape index (κ1) is 12.0. The highest BCUT2D eigenvalue weighted by molar-refractivity contribution is 5.53. The van der Waals surface area contributed by atoms with Crippen molar-refractivity contribution >= 4 is 11.7 Å². The van der Waals surface area contributed by atoms with Crippen molar-refractivity contribution < 1.29 is 9.15 Å². The molecule has 6 nitrogen and oxygen atoms in total. The maximum atomic E-state index is 5.50. The monoisotopic (exact) mass is 260 g/mol. The molecule has 1 aliphatic rings. The van der Waals surface area contributed by atoms with Crippen LogP contribution in [-0.2, 0) is 6.54 Å². The first-order valence-electron chi connectivity index (χ1n) is 6.30. The molecule has 0 atom stereocenters. The zero-order chi connectivity index (χ0) is 13.1. The van der Waals surface area contributed by atoms with Gasteiger partial charge in [0.1, 0.15) is 5.75 Å². The van der Waals surface area contributed by atoms with Crippen LogP contribution in [0.15, 0.2) is 28.7 Å². The number of hydrogen-bond acceptors (Lipinski definition) is 6. The van der Waals surface area contributed by atoms with Crippen molar-refractivity contribution in [2.24, 2.45) is 0 Å². The lowest BCUT2D eigenvalue weighted by atomic mass is 10.3. The number of nitrogens with zero attached hydrogens (tertiary/aromatic N) is 2. The summed E-state index contributed by atoms with van der Waals surface area (Å²) >= 11 is 0. The minimum absolute atomic E-state index is 0.401. The predicted octanol–water partition coefficient (Wildman–Crippen LogP) is 2.07. The van der Waals surface area contributed by atoms with E-state index in [1.807, 2.05) is 24.3 Å². The zero-order valence-electron chi connectivity index (χ0n) is 10.7. The maximum Gasteiger partial charge on any atom is 0.320 e. The Kier molecular flexibility index (Phi) is 3.33. The van der Waals surface area contributed by atoms with Crippen LogP contribution in [0.1, 0.15) is 18.7 Å². The number of benzene rings is 1. The summed E-state index contributed by atoms with van der Waals surface area (Å²) in [5.74, 6) is 1.41. The molecule has 1 saturated carbocycles. The van der Waals surface area contributed by atoms with Gasteiger partial charge in [0.05, 0.1) is 13.7 Å². The van der Waals surface area contributed by atoms with Crippen molar-refractivity contribution in [3.8, 4) is 5.75 Å². The van der Waals surface area contributed by atoms with Gasteiger partial charge in [0, 0.05) is 11.7 Å². The third kappa shape index (κ3) is 3.23. The van der Waals surface area contributed by atoms with Crippen LogP contribution in [0, 0.1) is 0 Å². The number of anilines is 2. The molecule has 0 radical (unpaired) electrons. The number of aromatic nitrogens is 2. The summed E-state index contributed by atoms with van der Waals surface area (Å²) in [7, 11) is 1.64. The molecule has 19 heavy (non-hydrogen) atoms. The molecule has 0 saturated heterocycles. The third-order valence-electron chi connectivity index (χ3n) is 2.93. The van der Waals surface area contributed by atoms with Gasteiger partial charge in [-0.05, 0) is 37.1 Å². The average Bonchev–Trinajstić information content (AvgIpc) is 3.17. The first-order valence-corrected chi connectivity index (χ1v) is 6.30. The summed E-state index contributed by atoms with van der Waals surface area (Å²) in [4.78, 5) is 0. The molecule has 0 amide bonds. The van der Waals surface area contributed by atoms with E-state index in [4.69, 9.17) is 9.15 Å². The van der Waals surface area contributed by atoms with Crippen LogP contribution in [0.25, 0.3) is 0 Å². The van der Waals surface area contributed by atoms with E-state index in [-0.39, 0.29) is 0 Å². The molecular weight excluding hydrogens is 244 g/mol. The van der Waals surface area contributed by atoms with E-state index in [0.29, 0.717) is 24.5 Å². The zero-order valence-corrected chi connectivity index (χ0v) is 10.7. The van der Waals surface area contributed by atoms with Crippen LogP contribution in [-0.4, -0.2) is 23.3 Å². The van der Waals surface area contributed by atoms with Gasteiger partial charge in [0.15, 0.2) is 0 Å². The van der Waals surface area contributed by atoms with Crippen molar-refractivity contribution in [2.45, 2.75) is 25.4 Å². The maximum absolute atomic E-state index is 5.50. The number of methoxy groups -OCH3 is 1. The van der Waals surface area contributed by atoms with Gasteiger partial charge < -0.3 is 19.8 Å². The molecule has 0 spiro atoms. The lowest BCUT2D eigenvalue weighted by Crippen LogP contribution is -2.15. The van der Waals surface area contributed by atoms with Gasteiger partial charge >= 0.3 is 6.01 Å². The second kappa shape index (κ2) is 5.27. The SMILES string of the molecule is COc1ccc(Nc2nnc(CNC3CC3)o2)cc1. The van der Waals surface area contributed by atoms with Gasteiger partial charge in [0.2, 0.25) is 5.89 Å². The number of rotatable bonds is 6. The highest BCUT2D eigenvalue weighted by Crippen LogP contribution is 2.21. The molecule has 1 aliphatic carbocycles. The Morgan fingerprint density at radius 3 is 2.74 bits per heavy atom. The van der Waals surface area contributed by atoms with Crippen molar-refractivity contribution in [1.82, 2.24) is 15.5 Å². The standard InChI is InChI=1S/C13H16N4O2/c1-18-11-6-4-10(5-7-11)15-13-17-16-12(19-13)8-14-9-2-3-9/h4-7,9,14H,2-3,8H2,1H3,(H,15,17). The van der Waals surface area contributed by atoms with E-state index in [1.165, 1.54) is 12.8 Å². The van der Waals surface area contributed by atoms with E-state index in [1.54, 1.807) is 7.11 Å². The highest BCUT2D eigenvalue weighted by atomic mass is 16.5. The fourth-order valence-electron chi connectivity index (χ4n) is 1.69. The van der Waals surface area contributed by atoms with Gasteiger partial charge in [-0.25, -0.2) is 0 Å². The molecule has 3 rings (SSSR count). The minimum Gasteiger partial charge on any atom is -0.497 e. The van der Waals surface area contributed by atoms with Crippen molar-refractivity contribution in [1.29, 1.82) is 0 Å². The molecule has 2 aromatic rings. The van der Waals surface area contributed by atoms with Gasteiger partial charge in [-0.2, -0.15) is 0 Å². The molecule has 1 aromatic carbocycles. The Hall–Kier alpha value is -2.08.